The fraction of sp³-hybridized carbons (Fsp3) is 0.909. The second-order valence-electron chi connectivity index (χ2n) is 4.28. The quantitative estimate of drug-likeness (QED) is 0.749. The molecule has 0 bridgehead atoms. The third-order valence-electron chi connectivity index (χ3n) is 3.28. The smallest absolute Gasteiger partial charge is 0.320 e. The SMILES string of the molecule is COCCC1CCN([C@H](C)C(=O)O)CC1. The average molecular weight is 215 g/mol. The van der Waals surface area contributed by atoms with Crippen LogP contribution in [0.5, 0.6) is 0 Å². The lowest BCUT2D eigenvalue weighted by Crippen LogP contribution is -2.44. The lowest BCUT2D eigenvalue weighted by Gasteiger charge is -2.34. The molecule has 1 heterocycles. The molecule has 0 radical (unpaired) electrons. The Morgan fingerprint density at radius 1 is 1.53 bits per heavy atom. The van der Waals surface area contributed by atoms with E-state index < -0.39 is 5.97 Å². The lowest BCUT2D eigenvalue weighted by molar-refractivity contribution is -0.143. The van der Waals surface area contributed by atoms with Crippen molar-refractivity contribution in [2.24, 2.45) is 5.92 Å². The highest BCUT2D eigenvalue weighted by molar-refractivity contribution is 5.72. The summed E-state index contributed by atoms with van der Waals surface area (Å²) < 4.78 is 5.05. The number of ether oxygens (including phenoxy) is 1. The van der Waals surface area contributed by atoms with Crippen molar-refractivity contribution < 1.29 is 14.6 Å². The summed E-state index contributed by atoms with van der Waals surface area (Å²) in [5.74, 6) is -0.00691. The van der Waals surface area contributed by atoms with Crippen molar-refractivity contribution in [1.82, 2.24) is 4.90 Å². The van der Waals surface area contributed by atoms with Crippen molar-refractivity contribution >= 4 is 5.97 Å². The maximum absolute atomic E-state index is 10.8. The van der Waals surface area contributed by atoms with E-state index in [9.17, 15) is 4.79 Å². The predicted octanol–water partition coefficient (Wildman–Crippen LogP) is 1.21. The van der Waals surface area contributed by atoms with Crippen molar-refractivity contribution in [2.45, 2.75) is 32.2 Å². The van der Waals surface area contributed by atoms with Gasteiger partial charge in [0, 0.05) is 13.7 Å². The molecule has 1 atom stereocenters. The van der Waals surface area contributed by atoms with Crippen LogP contribution in [0, 0.1) is 5.92 Å². The number of aliphatic carboxylic acids is 1. The van der Waals surface area contributed by atoms with E-state index in [0.717, 1.165) is 39.0 Å². The fourth-order valence-electron chi connectivity index (χ4n) is 2.07. The van der Waals surface area contributed by atoms with E-state index in [2.05, 4.69) is 0 Å². The van der Waals surface area contributed by atoms with Crippen LogP contribution in [0.4, 0.5) is 0 Å². The van der Waals surface area contributed by atoms with Crippen LogP contribution >= 0.6 is 0 Å². The summed E-state index contributed by atoms with van der Waals surface area (Å²) in [5, 5.41) is 8.88. The number of likely N-dealkylation sites (tertiary alicyclic amines) is 1. The molecule has 0 aromatic carbocycles. The van der Waals surface area contributed by atoms with Gasteiger partial charge in [-0.05, 0) is 45.2 Å². The van der Waals surface area contributed by atoms with E-state index >= 15 is 0 Å². The molecule has 0 spiro atoms. The van der Waals surface area contributed by atoms with Gasteiger partial charge in [-0.2, -0.15) is 0 Å². The Bertz CT molecular complexity index is 200. The van der Waals surface area contributed by atoms with Gasteiger partial charge in [0.05, 0.1) is 0 Å². The van der Waals surface area contributed by atoms with Gasteiger partial charge in [0.15, 0.2) is 0 Å². The molecule has 0 amide bonds. The first-order chi connectivity index (χ1) is 7.15. The summed E-state index contributed by atoms with van der Waals surface area (Å²) in [6.45, 7) is 4.39. The van der Waals surface area contributed by atoms with Crippen LogP contribution in [-0.2, 0) is 9.53 Å². The van der Waals surface area contributed by atoms with Gasteiger partial charge < -0.3 is 9.84 Å². The van der Waals surface area contributed by atoms with E-state index in [1.165, 1.54) is 0 Å². The van der Waals surface area contributed by atoms with Crippen LogP contribution in [0.15, 0.2) is 0 Å². The number of carboxylic acids is 1. The standard InChI is InChI=1S/C11H21NO3/c1-9(11(13)14)12-6-3-10(4-7-12)5-8-15-2/h9-10H,3-8H2,1-2H3,(H,13,14)/t9-/m1/s1. The summed E-state index contributed by atoms with van der Waals surface area (Å²) in [6, 6.07) is -0.339. The first-order valence-corrected chi connectivity index (χ1v) is 5.61. The third kappa shape index (κ3) is 3.80. The van der Waals surface area contributed by atoms with E-state index in [0.29, 0.717) is 5.92 Å². The first kappa shape index (κ1) is 12.5. The zero-order chi connectivity index (χ0) is 11.3. The minimum absolute atomic E-state index is 0.339. The number of hydrogen-bond donors (Lipinski definition) is 1. The molecular weight excluding hydrogens is 194 g/mol. The van der Waals surface area contributed by atoms with E-state index in [1.807, 2.05) is 4.90 Å². The Kier molecular flexibility index (Phi) is 5.05. The van der Waals surface area contributed by atoms with Crippen molar-refractivity contribution in [3.8, 4) is 0 Å². The number of carbonyl (C=O) groups is 1. The molecule has 1 rings (SSSR count). The van der Waals surface area contributed by atoms with E-state index in [4.69, 9.17) is 9.84 Å². The monoisotopic (exact) mass is 215 g/mol. The fourth-order valence-corrected chi connectivity index (χ4v) is 2.07. The van der Waals surface area contributed by atoms with Gasteiger partial charge in [-0.15, -0.1) is 0 Å². The Balaban J connectivity index is 2.26. The number of carboxylic acid groups (broad SMARTS) is 1. The normalized spacial score (nSPS) is 21.5. The van der Waals surface area contributed by atoms with Gasteiger partial charge in [-0.25, -0.2) is 0 Å². The second kappa shape index (κ2) is 6.08. The van der Waals surface area contributed by atoms with Gasteiger partial charge in [0.2, 0.25) is 0 Å². The van der Waals surface area contributed by atoms with Gasteiger partial charge in [-0.3, -0.25) is 9.69 Å². The van der Waals surface area contributed by atoms with Gasteiger partial charge in [0.25, 0.3) is 0 Å². The molecule has 1 fully saturated rings. The highest BCUT2D eigenvalue weighted by Gasteiger charge is 2.25. The largest absolute Gasteiger partial charge is 0.480 e. The molecule has 0 unspecified atom stereocenters. The topological polar surface area (TPSA) is 49.8 Å². The van der Waals surface area contributed by atoms with Crippen LogP contribution in [0.2, 0.25) is 0 Å². The van der Waals surface area contributed by atoms with E-state index in [1.54, 1.807) is 14.0 Å². The minimum Gasteiger partial charge on any atom is -0.480 e. The molecule has 0 saturated carbocycles. The second-order valence-corrected chi connectivity index (χ2v) is 4.28. The van der Waals surface area contributed by atoms with Crippen LogP contribution in [0.25, 0.3) is 0 Å². The highest BCUT2D eigenvalue weighted by atomic mass is 16.5. The molecular formula is C11H21NO3. The third-order valence-corrected chi connectivity index (χ3v) is 3.28. The van der Waals surface area contributed by atoms with Crippen molar-refractivity contribution in [3.63, 3.8) is 0 Å². The minimum atomic E-state index is -0.717. The maximum atomic E-state index is 10.8. The summed E-state index contributed by atoms with van der Waals surface area (Å²) in [5.41, 5.74) is 0. The number of piperidine rings is 1. The molecule has 0 aromatic rings. The van der Waals surface area contributed by atoms with Crippen LogP contribution < -0.4 is 0 Å². The molecule has 1 N–H and O–H groups in total. The van der Waals surface area contributed by atoms with Crippen LogP contribution in [-0.4, -0.2) is 48.8 Å². The molecule has 0 aliphatic carbocycles. The van der Waals surface area contributed by atoms with E-state index in [-0.39, 0.29) is 6.04 Å². The maximum Gasteiger partial charge on any atom is 0.320 e. The van der Waals surface area contributed by atoms with Crippen LogP contribution in [0.1, 0.15) is 26.2 Å². The van der Waals surface area contributed by atoms with Gasteiger partial charge in [0.1, 0.15) is 6.04 Å². The zero-order valence-corrected chi connectivity index (χ0v) is 9.61. The number of rotatable bonds is 5. The first-order valence-electron chi connectivity index (χ1n) is 5.61. The zero-order valence-electron chi connectivity index (χ0n) is 9.61. The predicted molar refractivity (Wildman–Crippen MR) is 57.9 cm³/mol. The highest BCUT2D eigenvalue weighted by Crippen LogP contribution is 2.21. The molecule has 4 heteroatoms. The van der Waals surface area contributed by atoms with Gasteiger partial charge in [-0.1, -0.05) is 0 Å². The Hall–Kier alpha value is -0.610. The van der Waals surface area contributed by atoms with Crippen molar-refractivity contribution in [1.29, 1.82) is 0 Å². The summed E-state index contributed by atoms with van der Waals surface area (Å²) >= 11 is 0. The van der Waals surface area contributed by atoms with Crippen molar-refractivity contribution in [2.75, 3.05) is 26.8 Å². The Morgan fingerprint density at radius 2 is 2.13 bits per heavy atom. The summed E-state index contributed by atoms with van der Waals surface area (Å²) in [7, 11) is 1.72. The molecule has 4 nitrogen and oxygen atoms in total. The molecule has 1 aliphatic heterocycles. The number of nitrogens with zero attached hydrogens (tertiary/aromatic N) is 1. The van der Waals surface area contributed by atoms with Crippen molar-refractivity contribution in [3.05, 3.63) is 0 Å². The summed E-state index contributed by atoms with van der Waals surface area (Å²) in [6.07, 6.45) is 3.30. The Labute approximate surface area is 91.2 Å². The molecule has 1 aliphatic rings. The molecule has 15 heavy (non-hydrogen) atoms. The molecule has 0 aromatic heterocycles. The number of hydrogen-bond acceptors (Lipinski definition) is 3. The number of methoxy groups -OCH3 is 1. The summed E-state index contributed by atoms with van der Waals surface area (Å²) in [4.78, 5) is 12.8. The average Bonchev–Trinajstić information content (AvgIpc) is 2.26. The Morgan fingerprint density at radius 3 is 2.60 bits per heavy atom. The molecule has 1 saturated heterocycles. The van der Waals surface area contributed by atoms with Gasteiger partial charge >= 0.3 is 5.97 Å². The van der Waals surface area contributed by atoms with Crippen LogP contribution in [0.3, 0.4) is 0 Å². The molecule has 88 valence electrons. The lowest BCUT2D eigenvalue weighted by atomic mass is 9.93.